The normalized spacial score (nSPS) is 35.0. The minimum absolute atomic E-state index is 0.0639. The van der Waals surface area contributed by atoms with E-state index in [1.807, 2.05) is 14.2 Å². The first-order valence-electron chi connectivity index (χ1n) is 10.7. The van der Waals surface area contributed by atoms with E-state index < -0.39 is 0 Å². The minimum atomic E-state index is -0.0639. The number of nitrogens with zero attached hydrogens (tertiary/aromatic N) is 2. The first kappa shape index (κ1) is 20.9. The van der Waals surface area contributed by atoms with Gasteiger partial charge in [0, 0.05) is 45.3 Å². The molecule has 2 heterocycles. The van der Waals surface area contributed by atoms with E-state index in [1.54, 1.807) is 0 Å². The molecule has 3 aliphatic rings. The second-order valence-electron chi connectivity index (χ2n) is 9.11. The highest BCUT2D eigenvalue weighted by molar-refractivity contribution is 5.80. The van der Waals surface area contributed by atoms with Crippen LogP contribution < -0.4 is 5.32 Å². The summed E-state index contributed by atoms with van der Waals surface area (Å²) in [5, 5.41) is 3.69. The Morgan fingerprint density at radius 2 is 1.93 bits per heavy atom. The Kier molecular flexibility index (Phi) is 6.70. The molecule has 1 saturated carbocycles. The number of rotatable bonds is 5. The topological polar surface area (TPSA) is 55.3 Å². The molecule has 6 heteroatoms. The zero-order chi connectivity index (χ0) is 19.5. The highest BCUT2D eigenvalue weighted by atomic mass is 16.5. The molecule has 1 aliphatic carbocycles. The Morgan fingerprint density at radius 1 is 1.19 bits per heavy atom. The number of likely N-dealkylation sites (tertiary alicyclic amines) is 1. The van der Waals surface area contributed by atoms with E-state index in [0.717, 1.165) is 57.9 Å². The molecular formula is C21H39N3O3. The second kappa shape index (κ2) is 8.66. The first-order valence-corrected chi connectivity index (χ1v) is 10.7. The van der Waals surface area contributed by atoms with Gasteiger partial charge in [-0.25, -0.2) is 0 Å². The smallest absolute Gasteiger partial charge is 0.193 e. The van der Waals surface area contributed by atoms with Crippen LogP contribution in [0.2, 0.25) is 0 Å². The van der Waals surface area contributed by atoms with E-state index in [1.165, 1.54) is 12.8 Å². The van der Waals surface area contributed by atoms with Crippen LogP contribution in [-0.4, -0.2) is 75.2 Å². The molecule has 6 nitrogen and oxygen atoms in total. The van der Waals surface area contributed by atoms with Gasteiger partial charge in [0.25, 0.3) is 0 Å². The molecular weight excluding hydrogens is 342 g/mol. The van der Waals surface area contributed by atoms with Gasteiger partial charge >= 0.3 is 0 Å². The summed E-state index contributed by atoms with van der Waals surface area (Å²) in [6, 6.07) is 0.388. The van der Waals surface area contributed by atoms with Crippen LogP contribution in [0, 0.1) is 5.41 Å². The molecule has 0 radical (unpaired) electrons. The Bertz CT molecular complexity index is 511. The molecule has 1 N–H and O–H groups in total. The molecule has 0 amide bonds. The Balaban J connectivity index is 1.42. The molecule has 3 unspecified atom stereocenters. The molecule has 3 fully saturated rings. The third kappa shape index (κ3) is 4.43. The van der Waals surface area contributed by atoms with Gasteiger partial charge in [-0.3, -0.25) is 4.99 Å². The van der Waals surface area contributed by atoms with Crippen molar-refractivity contribution < 1.29 is 14.2 Å². The number of hydrogen-bond acceptors (Lipinski definition) is 4. The SMILES string of the molecule is CN=C(NC1CC(C)(OC)C1(C)C)N1CCC(OCC2CCCCO2)CC1. The molecule has 27 heavy (non-hydrogen) atoms. The van der Waals surface area contributed by atoms with Crippen LogP contribution in [0.15, 0.2) is 4.99 Å². The van der Waals surface area contributed by atoms with Crippen LogP contribution in [-0.2, 0) is 14.2 Å². The van der Waals surface area contributed by atoms with Crippen molar-refractivity contribution in [2.24, 2.45) is 10.4 Å². The average Bonchev–Trinajstić information content (AvgIpc) is 2.70. The summed E-state index contributed by atoms with van der Waals surface area (Å²) in [6.45, 7) is 10.4. The minimum Gasteiger partial charge on any atom is -0.378 e. The lowest BCUT2D eigenvalue weighted by molar-refractivity contribution is -0.177. The third-order valence-electron chi connectivity index (χ3n) is 7.33. The van der Waals surface area contributed by atoms with E-state index >= 15 is 0 Å². The van der Waals surface area contributed by atoms with Crippen LogP contribution >= 0.6 is 0 Å². The molecule has 0 aromatic carbocycles. The van der Waals surface area contributed by atoms with Crippen molar-refractivity contribution in [1.29, 1.82) is 0 Å². The van der Waals surface area contributed by atoms with E-state index in [4.69, 9.17) is 14.2 Å². The van der Waals surface area contributed by atoms with Crippen LogP contribution in [0.25, 0.3) is 0 Å². The van der Waals surface area contributed by atoms with Crippen molar-refractivity contribution in [1.82, 2.24) is 10.2 Å². The van der Waals surface area contributed by atoms with Crippen LogP contribution in [0.4, 0.5) is 0 Å². The van der Waals surface area contributed by atoms with E-state index in [0.29, 0.717) is 18.2 Å². The van der Waals surface area contributed by atoms with E-state index in [9.17, 15) is 0 Å². The highest BCUT2D eigenvalue weighted by Crippen LogP contribution is 2.51. The lowest BCUT2D eigenvalue weighted by Crippen LogP contribution is -2.69. The lowest BCUT2D eigenvalue weighted by atomic mass is 9.56. The summed E-state index contributed by atoms with van der Waals surface area (Å²) in [5.74, 6) is 1.01. The number of methoxy groups -OCH3 is 1. The van der Waals surface area contributed by atoms with Gasteiger partial charge in [0.05, 0.1) is 24.4 Å². The lowest BCUT2D eigenvalue weighted by Gasteiger charge is -2.59. The summed E-state index contributed by atoms with van der Waals surface area (Å²) < 4.78 is 17.7. The summed E-state index contributed by atoms with van der Waals surface area (Å²) in [7, 11) is 3.70. The molecule has 2 aliphatic heterocycles. The van der Waals surface area contributed by atoms with E-state index in [-0.39, 0.29) is 11.0 Å². The molecule has 0 bridgehead atoms. The number of nitrogens with one attached hydrogen (secondary N) is 1. The number of ether oxygens (including phenoxy) is 3. The fourth-order valence-corrected chi connectivity index (χ4v) is 4.59. The van der Waals surface area contributed by atoms with Gasteiger partial charge in [0.2, 0.25) is 0 Å². The maximum atomic E-state index is 6.14. The number of hydrogen-bond donors (Lipinski definition) is 1. The van der Waals surface area contributed by atoms with Crippen molar-refractivity contribution in [3.05, 3.63) is 0 Å². The van der Waals surface area contributed by atoms with Crippen LogP contribution in [0.3, 0.4) is 0 Å². The van der Waals surface area contributed by atoms with Crippen molar-refractivity contribution in [2.45, 2.75) is 83.1 Å². The van der Waals surface area contributed by atoms with Crippen molar-refractivity contribution in [3.63, 3.8) is 0 Å². The Morgan fingerprint density at radius 3 is 2.48 bits per heavy atom. The van der Waals surface area contributed by atoms with Crippen molar-refractivity contribution in [3.8, 4) is 0 Å². The number of guanidine groups is 1. The molecule has 2 saturated heterocycles. The standard InChI is InChI=1S/C21H39N3O3/c1-20(2)18(14-21(20,3)25-5)23-19(22-4)24-11-9-16(10-12-24)27-15-17-8-6-7-13-26-17/h16-18H,6-15H2,1-5H3,(H,22,23). The predicted molar refractivity (Wildman–Crippen MR) is 108 cm³/mol. The summed E-state index contributed by atoms with van der Waals surface area (Å²) in [5.41, 5.74) is 0.0185. The van der Waals surface area contributed by atoms with Gasteiger partial charge in [0.15, 0.2) is 5.96 Å². The maximum absolute atomic E-state index is 6.14. The van der Waals surface area contributed by atoms with Gasteiger partial charge in [-0.1, -0.05) is 13.8 Å². The van der Waals surface area contributed by atoms with Crippen molar-refractivity contribution >= 4 is 5.96 Å². The molecule has 3 rings (SSSR count). The molecule has 3 atom stereocenters. The van der Waals surface area contributed by atoms with Crippen molar-refractivity contribution in [2.75, 3.05) is 40.5 Å². The largest absolute Gasteiger partial charge is 0.378 e. The number of aliphatic imine (C=N–C) groups is 1. The quantitative estimate of drug-likeness (QED) is 0.586. The summed E-state index contributed by atoms with van der Waals surface area (Å²) >= 11 is 0. The van der Waals surface area contributed by atoms with Gasteiger partial charge in [0.1, 0.15) is 0 Å². The molecule has 0 spiro atoms. The van der Waals surface area contributed by atoms with Gasteiger partial charge in [-0.05, 0) is 45.4 Å². The van der Waals surface area contributed by atoms with Crippen LogP contribution in [0.5, 0.6) is 0 Å². The molecule has 0 aromatic heterocycles. The highest BCUT2D eigenvalue weighted by Gasteiger charge is 2.58. The Hall–Kier alpha value is -0.850. The molecule has 0 aromatic rings. The summed E-state index contributed by atoms with van der Waals surface area (Å²) in [4.78, 5) is 6.92. The molecule has 156 valence electrons. The van der Waals surface area contributed by atoms with Gasteiger partial charge in [-0.15, -0.1) is 0 Å². The zero-order valence-corrected chi connectivity index (χ0v) is 17.9. The maximum Gasteiger partial charge on any atom is 0.193 e. The monoisotopic (exact) mass is 381 g/mol. The van der Waals surface area contributed by atoms with Gasteiger partial charge < -0.3 is 24.4 Å². The van der Waals surface area contributed by atoms with Gasteiger partial charge in [-0.2, -0.15) is 0 Å². The third-order valence-corrected chi connectivity index (χ3v) is 7.33. The number of piperidine rings is 1. The first-order chi connectivity index (χ1) is 12.9. The average molecular weight is 382 g/mol. The Labute approximate surface area is 165 Å². The second-order valence-corrected chi connectivity index (χ2v) is 9.11. The summed E-state index contributed by atoms with van der Waals surface area (Å²) in [6.07, 6.45) is 7.39. The zero-order valence-electron chi connectivity index (χ0n) is 17.9. The fraction of sp³-hybridized carbons (Fsp3) is 0.952. The van der Waals surface area contributed by atoms with Crippen LogP contribution in [0.1, 0.15) is 59.3 Å². The fourth-order valence-electron chi connectivity index (χ4n) is 4.59. The van der Waals surface area contributed by atoms with E-state index in [2.05, 4.69) is 36.0 Å². The predicted octanol–water partition coefficient (Wildman–Crippen LogP) is 2.82.